The molecule has 0 spiro atoms. The van der Waals surface area contributed by atoms with E-state index < -0.39 is 0 Å². The summed E-state index contributed by atoms with van der Waals surface area (Å²) in [5.41, 5.74) is 2.51. The summed E-state index contributed by atoms with van der Waals surface area (Å²) in [6, 6.07) is 7.76. The van der Waals surface area contributed by atoms with Gasteiger partial charge < -0.3 is 14.8 Å². The van der Waals surface area contributed by atoms with Crippen LogP contribution in [0.1, 0.15) is 67.4 Å². The Kier molecular flexibility index (Phi) is 6.86. The summed E-state index contributed by atoms with van der Waals surface area (Å²) in [6.45, 7) is 10.5. The highest BCUT2D eigenvalue weighted by molar-refractivity contribution is 7.17. The van der Waals surface area contributed by atoms with E-state index in [9.17, 15) is 9.59 Å². The van der Waals surface area contributed by atoms with E-state index >= 15 is 0 Å². The molecule has 162 valence electrons. The Hall–Kier alpha value is -2.34. The Morgan fingerprint density at radius 1 is 1.23 bits per heavy atom. The molecule has 0 saturated carbocycles. The lowest BCUT2D eigenvalue weighted by Gasteiger charge is -2.22. The molecule has 30 heavy (non-hydrogen) atoms. The molecule has 6 heteroatoms. The molecule has 1 atom stereocenters. The third-order valence-electron chi connectivity index (χ3n) is 5.30. The molecule has 1 heterocycles. The highest BCUT2D eigenvalue weighted by Gasteiger charge is 2.29. The number of hydrogen-bond donors (Lipinski definition) is 1. The lowest BCUT2D eigenvalue weighted by Crippen LogP contribution is -2.23. The van der Waals surface area contributed by atoms with Gasteiger partial charge in [-0.25, -0.2) is 4.79 Å². The summed E-state index contributed by atoms with van der Waals surface area (Å²) in [4.78, 5) is 26.4. The van der Waals surface area contributed by atoms with Crippen LogP contribution in [0.2, 0.25) is 0 Å². The van der Waals surface area contributed by atoms with Gasteiger partial charge in [0.05, 0.1) is 12.2 Å². The van der Waals surface area contributed by atoms with Gasteiger partial charge >= 0.3 is 5.97 Å². The fourth-order valence-corrected chi connectivity index (χ4v) is 5.19. The number of nitrogens with one attached hydrogen (secondary N) is 1. The van der Waals surface area contributed by atoms with Crippen LogP contribution < -0.4 is 10.1 Å². The van der Waals surface area contributed by atoms with E-state index in [1.807, 2.05) is 24.3 Å². The number of carbonyl (C=O) groups is 2. The second kappa shape index (κ2) is 9.21. The predicted octanol–water partition coefficient (Wildman–Crippen LogP) is 5.36. The molecule has 1 amide bonds. The highest BCUT2D eigenvalue weighted by atomic mass is 32.1. The van der Waals surface area contributed by atoms with Crippen molar-refractivity contribution in [2.75, 3.05) is 18.5 Å². The smallest absolute Gasteiger partial charge is 0.341 e. The number of rotatable bonds is 6. The summed E-state index contributed by atoms with van der Waals surface area (Å²) in [5.74, 6) is 0.631. The summed E-state index contributed by atoms with van der Waals surface area (Å²) < 4.78 is 11.1. The summed E-state index contributed by atoms with van der Waals surface area (Å²) >= 11 is 1.49. The molecule has 5 nitrogen and oxygen atoms in total. The number of fused-ring (bicyclic) bond motifs is 1. The van der Waals surface area contributed by atoms with E-state index in [4.69, 9.17) is 9.47 Å². The fourth-order valence-electron chi connectivity index (χ4n) is 3.78. The van der Waals surface area contributed by atoms with Crippen LogP contribution >= 0.6 is 11.3 Å². The standard InChI is InChI=1S/C24H31NO4S/c1-6-28-23(27)21-16-12-11-15(2)13-19(16)30-22(21)25-20(26)14-29-18-10-8-7-9-17(18)24(3,4)5/h7-10,15H,6,11-14H2,1-5H3,(H,25,26)/t15-/m1/s1. The minimum absolute atomic E-state index is 0.0896. The minimum Gasteiger partial charge on any atom is -0.483 e. The van der Waals surface area contributed by atoms with Gasteiger partial charge in [-0.15, -0.1) is 11.3 Å². The van der Waals surface area contributed by atoms with E-state index in [1.54, 1.807) is 6.92 Å². The fraction of sp³-hybridized carbons (Fsp3) is 0.500. The molecule has 0 fully saturated rings. The minimum atomic E-state index is -0.362. The van der Waals surface area contributed by atoms with Gasteiger partial charge in [-0.2, -0.15) is 0 Å². The number of ether oxygens (including phenoxy) is 2. The first kappa shape index (κ1) is 22.3. The maximum Gasteiger partial charge on any atom is 0.341 e. The van der Waals surface area contributed by atoms with Gasteiger partial charge in [0.25, 0.3) is 5.91 Å². The quantitative estimate of drug-likeness (QED) is 0.628. The first-order chi connectivity index (χ1) is 14.2. The van der Waals surface area contributed by atoms with Crippen LogP contribution in [-0.4, -0.2) is 25.1 Å². The van der Waals surface area contributed by atoms with Crippen LogP contribution in [-0.2, 0) is 27.8 Å². The number of para-hydroxylation sites is 1. The SMILES string of the molecule is CCOC(=O)c1c(NC(=O)COc2ccccc2C(C)(C)C)sc2c1CC[C@@H](C)C2. The molecule has 0 aliphatic heterocycles. The summed E-state index contributed by atoms with van der Waals surface area (Å²) in [6.07, 6.45) is 2.81. The summed E-state index contributed by atoms with van der Waals surface area (Å²) in [7, 11) is 0. The third kappa shape index (κ3) is 5.04. The molecule has 0 saturated heterocycles. The maximum atomic E-state index is 12.7. The van der Waals surface area contributed by atoms with E-state index in [-0.39, 0.29) is 23.9 Å². The van der Waals surface area contributed by atoms with Crippen molar-refractivity contribution in [1.82, 2.24) is 0 Å². The molecule has 3 rings (SSSR count). The van der Waals surface area contributed by atoms with E-state index in [0.29, 0.717) is 28.8 Å². The molecular formula is C24H31NO4S. The topological polar surface area (TPSA) is 64.6 Å². The van der Waals surface area contributed by atoms with Crippen LogP contribution in [0, 0.1) is 5.92 Å². The van der Waals surface area contributed by atoms with Crippen LogP contribution in [0.4, 0.5) is 5.00 Å². The number of carbonyl (C=O) groups excluding carboxylic acids is 2. The van der Waals surface area contributed by atoms with Crippen LogP contribution in [0.5, 0.6) is 5.75 Å². The normalized spacial score (nSPS) is 16.0. The zero-order valence-electron chi connectivity index (χ0n) is 18.5. The molecule has 2 aromatic rings. The predicted molar refractivity (Wildman–Crippen MR) is 121 cm³/mol. The zero-order valence-corrected chi connectivity index (χ0v) is 19.3. The molecule has 1 aromatic carbocycles. The Balaban J connectivity index is 1.77. The molecular weight excluding hydrogens is 398 g/mol. The molecule has 1 aliphatic rings. The van der Waals surface area contributed by atoms with Crippen LogP contribution in [0.3, 0.4) is 0 Å². The molecule has 0 bridgehead atoms. The Morgan fingerprint density at radius 3 is 2.67 bits per heavy atom. The van der Waals surface area contributed by atoms with Gasteiger partial charge in [0, 0.05) is 4.88 Å². The second-order valence-corrected chi connectivity index (χ2v) is 9.96. The molecule has 1 aromatic heterocycles. The third-order valence-corrected chi connectivity index (χ3v) is 6.47. The lowest BCUT2D eigenvalue weighted by molar-refractivity contribution is -0.118. The van der Waals surface area contributed by atoms with Crippen molar-refractivity contribution in [3.8, 4) is 5.75 Å². The monoisotopic (exact) mass is 429 g/mol. The van der Waals surface area contributed by atoms with Gasteiger partial charge in [0.1, 0.15) is 10.8 Å². The van der Waals surface area contributed by atoms with Gasteiger partial charge in [0.15, 0.2) is 6.61 Å². The van der Waals surface area contributed by atoms with E-state index in [1.165, 1.54) is 16.2 Å². The molecule has 1 N–H and O–H groups in total. The van der Waals surface area contributed by atoms with Crippen molar-refractivity contribution in [2.45, 2.75) is 59.3 Å². The van der Waals surface area contributed by atoms with Crippen molar-refractivity contribution >= 4 is 28.2 Å². The van der Waals surface area contributed by atoms with Crippen molar-refractivity contribution in [3.05, 3.63) is 45.8 Å². The summed E-state index contributed by atoms with van der Waals surface area (Å²) in [5, 5.41) is 3.48. The average molecular weight is 430 g/mol. The van der Waals surface area contributed by atoms with Crippen LogP contribution in [0.15, 0.2) is 24.3 Å². The number of esters is 1. The number of thiophene rings is 1. The molecule has 1 aliphatic carbocycles. The first-order valence-corrected chi connectivity index (χ1v) is 11.4. The van der Waals surface area contributed by atoms with Crippen molar-refractivity contribution in [1.29, 1.82) is 0 Å². The van der Waals surface area contributed by atoms with Gasteiger partial charge in [0.2, 0.25) is 0 Å². The number of hydrogen-bond acceptors (Lipinski definition) is 5. The Bertz CT molecular complexity index is 926. The highest BCUT2D eigenvalue weighted by Crippen LogP contribution is 2.40. The van der Waals surface area contributed by atoms with Crippen LogP contribution in [0.25, 0.3) is 0 Å². The maximum absolute atomic E-state index is 12.7. The van der Waals surface area contributed by atoms with Crippen molar-refractivity contribution < 1.29 is 19.1 Å². The van der Waals surface area contributed by atoms with E-state index in [0.717, 1.165) is 30.4 Å². The molecule has 0 radical (unpaired) electrons. The van der Waals surface area contributed by atoms with E-state index in [2.05, 4.69) is 33.0 Å². The number of amides is 1. The van der Waals surface area contributed by atoms with Gasteiger partial charge in [-0.3, -0.25) is 4.79 Å². The van der Waals surface area contributed by atoms with Gasteiger partial charge in [-0.05, 0) is 54.7 Å². The van der Waals surface area contributed by atoms with Gasteiger partial charge in [-0.1, -0.05) is 45.9 Å². The zero-order chi connectivity index (χ0) is 21.9. The van der Waals surface area contributed by atoms with Crippen molar-refractivity contribution in [2.24, 2.45) is 5.92 Å². The Labute approximate surface area is 182 Å². The molecule has 0 unspecified atom stereocenters. The number of benzene rings is 1. The average Bonchev–Trinajstić information content (AvgIpc) is 3.02. The Morgan fingerprint density at radius 2 is 1.97 bits per heavy atom. The second-order valence-electron chi connectivity index (χ2n) is 8.86. The largest absolute Gasteiger partial charge is 0.483 e. The lowest BCUT2D eigenvalue weighted by atomic mass is 9.86. The van der Waals surface area contributed by atoms with Crippen molar-refractivity contribution in [3.63, 3.8) is 0 Å². The number of anilines is 1. The first-order valence-electron chi connectivity index (χ1n) is 10.5.